The molecule has 1 aliphatic carbocycles. The van der Waals surface area contributed by atoms with Crippen molar-refractivity contribution >= 4 is 23.6 Å². The molecule has 118 valence electrons. The number of rotatable bonds is 2. The monoisotopic (exact) mass is 310 g/mol. The molecule has 2 aliphatic heterocycles. The van der Waals surface area contributed by atoms with Crippen molar-refractivity contribution in [2.24, 2.45) is 5.92 Å². The molecule has 4 nitrogen and oxygen atoms in total. The molecule has 3 rings (SSSR count). The summed E-state index contributed by atoms with van der Waals surface area (Å²) in [6.07, 6.45) is 5.80. The number of thioether (sulfide) groups is 1. The zero-order valence-corrected chi connectivity index (χ0v) is 13.9. The minimum absolute atomic E-state index is 0.0738. The van der Waals surface area contributed by atoms with Crippen LogP contribution < -0.4 is 5.32 Å². The molecule has 2 amide bonds. The Labute approximate surface area is 131 Å². The van der Waals surface area contributed by atoms with Gasteiger partial charge in [-0.2, -0.15) is 11.8 Å². The van der Waals surface area contributed by atoms with Gasteiger partial charge in [0.05, 0.1) is 0 Å². The molecule has 1 spiro atoms. The summed E-state index contributed by atoms with van der Waals surface area (Å²) in [4.78, 5) is 27.9. The van der Waals surface area contributed by atoms with E-state index in [2.05, 4.69) is 19.2 Å². The fraction of sp³-hybridized carbons (Fsp3) is 0.875. The van der Waals surface area contributed by atoms with Gasteiger partial charge in [-0.15, -0.1) is 0 Å². The zero-order chi connectivity index (χ0) is 15.0. The van der Waals surface area contributed by atoms with Gasteiger partial charge in [-0.25, -0.2) is 0 Å². The molecule has 0 aromatic carbocycles. The normalized spacial score (nSPS) is 30.2. The Hall–Kier alpha value is -0.710. The van der Waals surface area contributed by atoms with Gasteiger partial charge < -0.3 is 10.2 Å². The first-order chi connectivity index (χ1) is 10.1. The first-order valence-corrected chi connectivity index (χ1v) is 9.43. The average Bonchev–Trinajstić information content (AvgIpc) is 2.92. The van der Waals surface area contributed by atoms with Gasteiger partial charge in [0.25, 0.3) is 0 Å². The van der Waals surface area contributed by atoms with Gasteiger partial charge >= 0.3 is 0 Å². The van der Waals surface area contributed by atoms with Crippen LogP contribution in [0, 0.1) is 5.92 Å². The van der Waals surface area contributed by atoms with Gasteiger partial charge in [0.1, 0.15) is 11.6 Å². The Kier molecular flexibility index (Phi) is 4.21. The first-order valence-electron chi connectivity index (χ1n) is 8.28. The number of nitrogens with zero attached hydrogens (tertiary/aromatic N) is 1. The highest BCUT2D eigenvalue weighted by atomic mass is 32.2. The van der Waals surface area contributed by atoms with Crippen LogP contribution >= 0.6 is 11.8 Å². The van der Waals surface area contributed by atoms with Gasteiger partial charge in [-0.3, -0.25) is 9.59 Å². The van der Waals surface area contributed by atoms with E-state index in [0.717, 1.165) is 50.0 Å². The highest BCUT2D eigenvalue weighted by Crippen LogP contribution is 2.38. The van der Waals surface area contributed by atoms with Crippen molar-refractivity contribution in [1.82, 2.24) is 10.2 Å². The van der Waals surface area contributed by atoms with Crippen LogP contribution in [0.15, 0.2) is 0 Å². The van der Waals surface area contributed by atoms with Crippen LogP contribution in [0.5, 0.6) is 0 Å². The van der Waals surface area contributed by atoms with Gasteiger partial charge in [-0.05, 0) is 43.1 Å². The lowest BCUT2D eigenvalue weighted by Gasteiger charge is -2.49. The predicted molar refractivity (Wildman–Crippen MR) is 85.2 cm³/mol. The third-order valence-corrected chi connectivity index (χ3v) is 6.30. The maximum absolute atomic E-state index is 13.2. The van der Waals surface area contributed by atoms with Crippen molar-refractivity contribution in [3.63, 3.8) is 0 Å². The fourth-order valence-electron chi connectivity index (χ4n) is 4.16. The van der Waals surface area contributed by atoms with E-state index < -0.39 is 5.54 Å². The number of hydrogen-bond donors (Lipinski definition) is 1. The Balaban J connectivity index is 1.92. The van der Waals surface area contributed by atoms with E-state index >= 15 is 0 Å². The van der Waals surface area contributed by atoms with E-state index in [1.165, 1.54) is 0 Å². The summed E-state index contributed by atoms with van der Waals surface area (Å²) in [6.45, 7) is 4.10. The smallest absolute Gasteiger partial charge is 0.249 e. The van der Waals surface area contributed by atoms with Crippen molar-refractivity contribution in [2.75, 3.05) is 11.5 Å². The van der Waals surface area contributed by atoms with E-state index in [4.69, 9.17) is 0 Å². The van der Waals surface area contributed by atoms with Crippen LogP contribution in [0.3, 0.4) is 0 Å². The Morgan fingerprint density at radius 2 is 1.81 bits per heavy atom. The minimum Gasteiger partial charge on any atom is -0.340 e. The van der Waals surface area contributed by atoms with Crippen LogP contribution in [0.2, 0.25) is 0 Å². The van der Waals surface area contributed by atoms with Crippen LogP contribution in [-0.4, -0.2) is 45.8 Å². The summed E-state index contributed by atoms with van der Waals surface area (Å²) in [5.74, 6) is 2.66. The third kappa shape index (κ3) is 2.58. The van der Waals surface area contributed by atoms with E-state index in [1.807, 2.05) is 16.7 Å². The van der Waals surface area contributed by atoms with Crippen molar-refractivity contribution in [3.05, 3.63) is 0 Å². The average molecular weight is 310 g/mol. The van der Waals surface area contributed by atoms with E-state index in [9.17, 15) is 9.59 Å². The fourth-order valence-corrected chi connectivity index (χ4v) is 5.24. The molecular weight excluding hydrogens is 284 g/mol. The molecule has 0 aromatic heterocycles. The number of carbonyl (C=O) groups excluding carboxylic acids is 2. The molecule has 2 saturated heterocycles. The Morgan fingerprint density at radius 1 is 1.19 bits per heavy atom. The topological polar surface area (TPSA) is 49.4 Å². The number of nitrogens with one attached hydrogen (secondary N) is 1. The number of carbonyl (C=O) groups is 2. The number of piperazine rings is 1. The van der Waals surface area contributed by atoms with E-state index in [0.29, 0.717) is 0 Å². The molecule has 1 unspecified atom stereocenters. The second-order valence-corrected chi connectivity index (χ2v) is 8.25. The second-order valence-electron chi connectivity index (χ2n) is 7.02. The summed E-state index contributed by atoms with van der Waals surface area (Å²) in [5, 5.41) is 3.11. The van der Waals surface area contributed by atoms with E-state index in [1.54, 1.807) is 0 Å². The van der Waals surface area contributed by atoms with Crippen molar-refractivity contribution in [2.45, 2.75) is 70.0 Å². The van der Waals surface area contributed by atoms with Gasteiger partial charge in [-0.1, -0.05) is 26.7 Å². The lowest BCUT2D eigenvalue weighted by molar-refractivity contribution is -0.160. The SMILES string of the molecule is CC(C)C1C(=O)NC2(CCCC2)C(=O)N1C1CCSCC1. The molecular formula is C16H26N2O2S. The standard InChI is InChI=1S/C16H26N2O2S/c1-11(2)13-14(19)17-16(7-3-4-8-16)15(20)18(13)12-5-9-21-10-6-12/h11-13H,3-10H2,1-2H3,(H,17,19). The maximum Gasteiger partial charge on any atom is 0.249 e. The Morgan fingerprint density at radius 3 is 2.38 bits per heavy atom. The number of amides is 2. The summed E-state index contributed by atoms with van der Waals surface area (Å²) >= 11 is 1.96. The molecule has 2 heterocycles. The summed E-state index contributed by atoms with van der Waals surface area (Å²) in [7, 11) is 0. The minimum atomic E-state index is -0.576. The molecule has 1 N–H and O–H groups in total. The highest BCUT2D eigenvalue weighted by molar-refractivity contribution is 7.99. The summed E-state index contributed by atoms with van der Waals surface area (Å²) in [5.41, 5.74) is -0.576. The predicted octanol–water partition coefficient (Wildman–Crippen LogP) is 2.18. The molecule has 0 aromatic rings. The van der Waals surface area contributed by atoms with Gasteiger partial charge in [0.2, 0.25) is 11.8 Å². The second kappa shape index (κ2) is 5.82. The van der Waals surface area contributed by atoms with E-state index in [-0.39, 0.29) is 29.8 Å². The largest absolute Gasteiger partial charge is 0.340 e. The Bertz CT molecular complexity index is 426. The van der Waals surface area contributed by atoms with Crippen LogP contribution in [0.25, 0.3) is 0 Å². The van der Waals surface area contributed by atoms with Crippen molar-refractivity contribution in [3.8, 4) is 0 Å². The molecule has 0 radical (unpaired) electrons. The molecule has 3 fully saturated rings. The molecule has 5 heteroatoms. The molecule has 0 bridgehead atoms. The highest BCUT2D eigenvalue weighted by Gasteiger charge is 2.54. The molecule has 3 aliphatic rings. The lowest BCUT2D eigenvalue weighted by Crippen LogP contribution is -2.72. The molecule has 1 atom stereocenters. The van der Waals surface area contributed by atoms with Crippen molar-refractivity contribution in [1.29, 1.82) is 0 Å². The van der Waals surface area contributed by atoms with Crippen LogP contribution in [0.4, 0.5) is 0 Å². The first kappa shape index (κ1) is 15.2. The summed E-state index contributed by atoms with van der Waals surface area (Å²) < 4.78 is 0. The quantitative estimate of drug-likeness (QED) is 0.850. The maximum atomic E-state index is 13.2. The number of hydrogen-bond acceptors (Lipinski definition) is 3. The molecule has 21 heavy (non-hydrogen) atoms. The van der Waals surface area contributed by atoms with Gasteiger partial charge in [0.15, 0.2) is 0 Å². The zero-order valence-electron chi connectivity index (χ0n) is 13.1. The van der Waals surface area contributed by atoms with Crippen LogP contribution in [0.1, 0.15) is 52.4 Å². The van der Waals surface area contributed by atoms with Crippen LogP contribution in [-0.2, 0) is 9.59 Å². The van der Waals surface area contributed by atoms with Gasteiger partial charge in [0, 0.05) is 6.04 Å². The third-order valence-electron chi connectivity index (χ3n) is 5.25. The van der Waals surface area contributed by atoms with Crippen molar-refractivity contribution < 1.29 is 9.59 Å². The lowest BCUT2D eigenvalue weighted by atomic mass is 9.85. The summed E-state index contributed by atoms with van der Waals surface area (Å²) in [6, 6.07) is -0.0218. The molecule has 1 saturated carbocycles.